The monoisotopic (exact) mass is 1820 g/mol. The maximum absolute atomic E-state index is 2.92. The van der Waals surface area contributed by atoms with Crippen molar-refractivity contribution in [2.24, 2.45) is 0 Å². The topological polar surface area (TPSA) is 22.8 Å². The van der Waals surface area contributed by atoms with Gasteiger partial charge in [0, 0.05) is 110 Å². The molecule has 686 valence electrons. The molecule has 4 unspecified atom stereocenters. The van der Waals surface area contributed by atoms with Gasteiger partial charge in [-0.2, -0.15) is 0 Å². The summed E-state index contributed by atoms with van der Waals surface area (Å²) in [4.78, 5) is 11.4. The average molecular weight is 1830 g/mol. The quantitative estimate of drug-likeness (QED) is 0.127. The molecule has 6 aliphatic heterocycles. The predicted molar refractivity (Wildman–Crippen MR) is 593 cm³/mol. The molecule has 0 amide bonds. The molecule has 4 aromatic heterocycles. The van der Waals surface area contributed by atoms with Crippen molar-refractivity contribution in [1.29, 1.82) is 0 Å². The van der Waals surface area contributed by atoms with Gasteiger partial charge >= 0.3 is 0 Å². The molecule has 3 aliphatic carbocycles. The zero-order valence-corrected chi connectivity index (χ0v) is 86.4. The van der Waals surface area contributed by atoms with Crippen LogP contribution in [0.15, 0.2) is 243 Å². The average Bonchev–Trinajstić information content (AvgIpc) is 1.52. The van der Waals surface area contributed by atoms with Gasteiger partial charge in [0.2, 0.25) is 0 Å². The summed E-state index contributed by atoms with van der Waals surface area (Å²) in [6, 6.07) is 99.1. The van der Waals surface area contributed by atoms with E-state index in [2.05, 4.69) is 424 Å². The Bertz CT molecular complexity index is 8140. The maximum Gasteiger partial charge on any atom is 0.252 e. The minimum Gasteiger partial charge on any atom is -0.334 e. The predicted octanol–water partition coefficient (Wildman–Crippen LogP) is 31.3. The van der Waals surface area contributed by atoms with Crippen LogP contribution in [-0.2, 0) is 48.7 Å². The Morgan fingerprint density at radius 1 is 0.307 bits per heavy atom. The van der Waals surface area contributed by atoms with E-state index in [1.54, 1.807) is 0 Å². The van der Waals surface area contributed by atoms with E-state index in [1.165, 1.54) is 269 Å². The van der Waals surface area contributed by atoms with Crippen LogP contribution >= 0.6 is 22.7 Å². The van der Waals surface area contributed by atoms with Crippen LogP contribution in [0.2, 0.25) is 0 Å². The second kappa shape index (κ2) is 28.5. The molecule has 13 aromatic carbocycles. The molecule has 9 aliphatic rings. The SMILES string of the molecule is Cc1cc2c(cc1N1c3cc(C(C)(C)CCC(C)(C)c4ccc5c(c4)C4(C)CCCCC4(C)N5c4cc5c6c(c4)-n4c7c(cccc7c7sc8ccccc8c74)B6c4ccc(C(C)(C)C)cc4N5c4ccc(C(C)(C)C)cc4-c4ccccc4)ccc3B3c4c1cc(N1c5ccc(C(C)(C)C)cc5C5(C)CCCCC15C)cc4-n1c4c3cccc4c3sc4ccccc4c31)C(C)(C)CCC2(C)C. The minimum atomic E-state index is -0.263. The first kappa shape index (κ1) is 86.1. The number of benzene rings is 13. The van der Waals surface area contributed by atoms with Gasteiger partial charge in [0.25, 0.3) is 13.4 Å². The Balaban J connectivity index is 0.636. The number of aryl methyl sites for hydroxylation is 1. The number of nitrogens with zero attached hydrogens (tertiary/aromatic N) is 6. The fourth-order valence-electron chi connectivity index (χ4n) is 28.5. The van der Waals surface area contributed by atoms with Crippen molar-refractivity contribution in [2.75, 3.05) is 19.6 Å². The number of anilines is 10. The van der Waals surface area contributed by atoms with Crippen molar-refractivity contribution in [3.8, 4) is 22.5 Å². The van der Waals surface area contributed by atoms with Crippen LogP contribution in [-0.4, -0.2) is 33.6 Å². The van der Waals surface area contributed by atoms with Gasteiger partial charge in [-0.05, 0) is 283 Å². The lowest BCUT2D eigenvalue weighted by Crippen LogP contribution is -2.60. The van der Waals surface area contributed by atoms with Gasteiger partial charge in [-0.1, -0.05) is 321 Å². The Kier molecular flexibility index (Phi) is 17.9. The van der Waals surface area contributed by atoms with E-state index in [9.17, 15) is 0 Å². The van der Waals surface area contributed by atoms with Crippen LogP contribution in [0.25, 0.3) is 84.9 Å². The smallest absolute Gasteiger partial charge is 0.252 e. The largest absolute Gasteiger partial charge is 0.334 e. The fraction of sp³-hybridized carbons (Fsp3) is 0.354. The highest BCUT2D eigenvalue weighted by Crippen LogP contribution is 2.66. The van der Waals surface area contributed by atoms with E-state index in [1.807, 2.05) is 22.7 Å². The van der Waals surface area contributed by atoms with Gasteiger partial charge in [-0.25, -0.2) is 0 Å². The lowest BCUT2D eigenvalue weighted by Gasteiger charge is -2.51. The summed E-state index contributed by atoms with van der Waals surface area (Å²) in [5, 5.41) is 5.36. The Labute approximate surface area is 820 Å². The summed E-state index contributed by atoms with van der Waals surface area (Å²) >= 11 is 3.94. The lowest BCUT2D eigenvalue weighted by atomic mass is 9.33. The molecule has 10 heterocycles. The maximum atomic E-state index is 2.92. The highest BCUT2D eigenvalue weighted by molar-refractivity contribution is 7.27. The molecule has 0 N–H and O–H groups in total. The molecule has 0 spiro atoms. The van der Waals surface area contributed by atoms with Gasteiger partial charge in [0.05, 0.1) is 48.2 Å². The molecule has 0 saturated heterocycles. The van der Waals surface area contributed by atoms with Crippen LogP contribution < -0.4 is 52.4 Å². The molecule has 10 heteroatoms. The number of para-hydroxylation sites is 2. The number of hydrogen-bond donors (Lipinski definition) is 0. The molecule has 17 aromatic rings. The minimum absolute atomic E-state index is 0.00780. The molecular weight excluding hydrogens is 1700 g/mol. The van der Waals surface area contributed by atoms with Crippen molar-refractivity contribution in [3.63, 3.8) is 0 Å². The molecule has 137 heavy (non-hydrogen) atoms. The van der Waals surface area contributed by atoms with Gasteiger partial charge in [0.1, 0.15) is 0 Å². The third-order valence-electron chi connectivity index (χ3n) is 37.2. The van der Waals surface area contributed by atoms with Crippen LogP contribution in [0.3, 0.4) is 0 Å². The van der Waals surface area contributed by atoms with Crippen LogP contribution in [0.5, 0.6) is 0 Å². The van der Waals surface area contributed by atoms with Gasteiger partial charge in [-0.15, -0.1) is 22.7 Å². The van der Waals surface area contributed by atoms with Crippen molar-refractivity contribution >= 4 is 188 Å². The van der Waals surface area contributed by atoms with Crippen molar-refractivity contribution < 1.29 is 0 Å². The summed E-state index contributed by atoms with van der Waals surface area (Å²) < 4.78 is 11.0. The zero-order chi connectivity index (χ0) is 94.6. The van der Waals surface area contributed by atoms with E-state index in [0.29, 0.717) is 0 Å². The first-order valence-corrected chi connectivity index (χ1v) is 53.2. The van der Waals surface area contributed by atoms with E-state index in [4.69, 9.17) is 0 Å². The summed E-state index contributed by atoms with van der Waals surface area (Å²) in [5.74, 6) is 0. The number of fused-ring (bicyclic) bond motifs is 25. The second-order valence-electron chi connectivity index (χ2n) is 49.9. The zero-order valence-electron chi connectivity index (χ0n) is 84.7. The highest BCUT2D eigenvalue weighted by Gasteiger charge is 2.61. The van der Waals surface area contributed by atoms with Gasteiger partial charge < -0.3 is 28.7 Å². The Morgan fingerprint density at radius 2 is 0.701 bits per heavy atom. The standard InChI is InChI=1S/C127H130B2N6S2/c1-75-64-89-90(123(17,18)63-62-122(89,15)16)74-100(75)131-102-69-81(47-52-94(102)129-96-43-35-41-87-112(96)133(114-85-39-27-29-45-108(85)137-116(87)114)106-73-83(71-104(131)110(106)129)134-98-54-49-78(118(5,6)7)66-91(98)124(19)56-30-32-58-126(124,134)21)121(13,14)61-60-120(11,12)80-50-55-99-92(67-80)125(20)57-31-33-59-127(125,22)135(99)82-70-103-109-105(72-82)132-111-86(115-113(132)84-38-26-28-44-107(84)136-115)40-34-42-95(111)128(109)93-51-46-79(119(8,9)10)68-101(93)130(103)97-53-48-77(117(2,3)4)65-88(97)76-36-24-23-25-37-76/h23-29,34-55,64-74H,30-33,56-63H2,1-22H3. The molecule has 0 bridgehead atoms. The first-order valence-electron chi connectivity index (χ1n) is 51.6. The molecule has 26 rings (SSSR count). The van der Waals surface area contributed by atoms with Crippen molar-refractivity contribution in [2.45, 2.75) is 289 Å². The summed E-state index contributed by atoms with van der Waals surface area (Å²) in [6.07, 6.45) is 13.6. The van der Waals surface area contributed by atoms with Gasteiger partial charge in [-0.3, -0.25) is 0 Å². The molecule has 2 saturated carbocycles. The van der Waals surface area contributed by atoms with Crippen LogP contribution in [0.1, 0.15) is 278 Å². The number of thiophene rings is 2. The molecular formula is C127H130B2N6S2. The van der Waals surface area contributed by atoms with E-state index >= 15 is 0 Å². The third kappa shape index (κ3) is 11.8. The third-order valence-corrected chi connectivity index (χ3v) is 39.6. The number of hydrogen-bond acceptors (Lipinski definition) is 6. The molecule has 0 radical (unpaired) electrons. The summed E-state index contributed by atoms with van der Waals surface area (Å²) in [6.45, 7) is 54.9. The fourth-order valence-corrected chi connectivity index (χ4v) is 30.9. The Hall–Kier alpha value is -11.3. The van der Waals surface area contributed by atoms with E-state index in [-0.39, 0.29) is 73.2 Å². The number of aromatic nitrogens is 2. The van der Waals surface area contributed by atoms with Gasteiger partial charge in [0.15, 0.2) is 0 Å². The molecule has 6 nitrogen and oxygen atoms in total. The summed E-state index contributed by atoms with van der Waals surface area (Å²) in [7, 11) is 0. The normalized spacial score (nSPS) is 21.0. The first-order chi connectivity index (χ1) is 65.2. The Morgan fingerprint density at radius 3 is 1.20 bits per heavy atom. The lowest BCUT2D eigenvalue weighted by molar-refractivity contribution is 0.194. The van der Waals surface area contributed by atoms with Crippen molar-refractivity contribution in [1.82, 2.24) is 9.13 Å². The van der Waals surface area contributed by atoms with Crippen molar-refractivity contribution in [3.05, 3.63) is 298 Å². The highest BCUT2D eigenvalue weighted by atomic mass is 32.1. The molecule has 4 atom stereocenters. The summed E-state index contributed by atoms with van der Waals surface area (Å²) in [5.41, 5.74) is 44.7. The second-order valence-corrected chi connectivity index (χ2v) is 52.0. The number of rotatable bonds is 10. The van der Waals surface area contributed by atoms with E-state index in [0.717, 1.165) is 38.5 Å². The van der Waals surface area contributed by atoms with E-state index < -0.39 is 0 Å². The molecule has 2 fully saturated rings. The van der Waals surface area contributed by atoms with Crippen LogP contribution in [0.4, 0.5) is 56.9 Å². The van der Waals surface area contributed by atoms with Crippen LogP contribution in [0, 0.1) is 6.92 Å².